The summed E-state index contributed by atoms with van der Waals surface area (Å²) in [7, 11) is 0. The van der Waals surface area contributed by atoms with Gasteiger partial charge in [0.2, 0.25) is 0 Å². The first kappa shape index (κ1) is 41.4. The highest BCUT2D eigenvalue weighted by Crippen LogP contribution is 2.54. The smallest absolute Gasteiger partial charge is 0.148 e. The lowest BCUT2D eigenvalue weighted by Gasteiger charge is -2.32. The first-order chi connectivity index (χ1) is 34.1. The number of ether oxygens (including phenoxy) is 1. The summed E-state index contributed by atoms with van der Waals surface area (Å²) >= 11 is 0. The second-order valence-corrected chi connectivity index (χ2v) is 17.1. The molecule has 0 atom stereocenters. The van der Waals surface area contributed by atoms with Gasteiger partial charge in [-0.25, -0.2) is 8.78 Å². The lowest BCUT2D eigenvalue weighted by Crippen LogP contribution is -2.15. The summed E-state index contributed by atoms with van der Waals surface area (Å²) in [6.45, 7) is 0. The van der Waals surface area contributed by atoms with Crippen LogP contribution in [-0.4, -0.2) is 0 Å². The molecule has 0 saturated carbocycles. The third-order valence-corrected chi connectivity index (χ3v) is 12.9. The monoisotopic (exact) mass is 892 g/mol. The van der Waals surface area contributed by atoms with Gasteiger partial charge in [-0.15, -0.1) is 0 Å². The number of para-hydroxylation sites is 2. The molecule has 0 fully saturated rings. The molecule has 11 aromatic rings. The maximum Gasteiger partial charge on any atom is 0.148 e. The third-order valence-electron chi connectivity index (χ3n) is 12.9. The van der Waals surface area contributed by atoms with Gasteiger partial charge in [0.15, 0.2) is 0 Å². The highest BCUT2D eigenvalue weighted by atomic mass is 19.1. The number of anilines is 6. The summed E-state index contributed by atoms with van der Waals surface area (Å²) < 4.78 is 41.7. The minimum absolute atomic E-state index is 0.349. The quantitative estimate of drug-likeness (QED) is 0.136. The Morgan fingerprint density at radius 1 is 0.290 bits per heavy atom. The molecule has 11 aromatic carbocycles. The number of halogens is 2. The van der Waals surface area contributed by atoms with Crippen molar-refractivity contribution in [2.75, 3.05) is 9.80 Å². The van der Waals surface area contributed by atoms with Gasteiger partial charge >= 0.3 is 0 Å². The summed E-state index contributed by atoms with van der Waals surface area (Å²) in [5.74, 6) is 0.598. The van der Waals surface area contributed by atoms with E-state index in [4.69, 9.17) is 4.74 Å². The van der Waals surface area contributed by atoms with E-state index in [9.17, 15) is 0 Å². The molecule has 0 unspecified atom stereocenters. The second-order valence-electron chi connectivity index (χ2n) is 17.1. The molecule has 0 amide bonds. The van der Waals surface area contributed by atoms with Crippen molar-refractivity contribution in [2.24, 2.45) is 0 Å². The van der Waals surface area contributed by atoms with Crippen LogP contribution in [0.2, 0.25) is 0 Å². The first-order valence-electron chi connectivity index (χ1n) is 23.0. The molecule has 5 heteroatoms. The van der Waals surface area contributed by atoms with Crippen LogP contribution in [0.4, 0.5) is 42.9 Å². The van der Waals surface area contributed by atoms with Gasteiger partial charge in [-0.3, -0.25) is 0 Å². The number of nitrogens with zero attached hydrogens (tertiary/aromatic N) is 2. The number of fused-ring (bicyclic) bond motifs is 2. The van der Waals surface area contributed by atoms with Gasteiger partial charge in [0.05, 0.1) is 22.7 Å². The van der Waals surface area contributed by atoms with Crippen molar-refractivity contribution in [3.63, 3.8) is 0 Å². The normalized spacial score (nSPS) is 11.4. The molecule has 0 bridgehead atoms. The van der Waals surface area contributed by atoms with Crippen molar-refractivity contribution in [3.8, 4) is 67.1 Å². The van der Waals surface area contributed by atoms with E-state index >= 15 is 8.78 Å². The summed E-state index contributed by atoms with van der Waals surface area (Å²) in [4.78, 5) is 4.02. The Labute approximate surface area is 400 Å². The zero-order valence-corrected chi connectivity index (χ0v) is 37.3. The molecule has 12 rings (SSSR count). The Morgan fingerprint density at radius 3 is 1.26 bits per heavy atom. The topological polar surface area (TPSA) is 15.7 Å². The van der Waals surface area contributed by atoms with Crippen LogP contribution in [0, 0.1) is 11.6 Å². The van der Waals surface area contributed by atoms with Crippen LogP contribution >= 0.6 is 0 Å². The maximum absolute atomic E-state index is 17.4. The van der Waals surface area contributed by atoms with Crippen LogP contribution in [0.15, 0.2) is 255 Å². The highest BCUT2D eigenvalue weighted by Gasteiger charge is 2.29. The highest BCUT2D eigenvalue weighted by molar-refractivity contribution is 6.12. The van der Waals surface area contributed by atoms with E-state index in [0.29, 0.717) is 22.9 Å². The molecule has 328 valence electrons. The molecule has 1 aliphatic rings. The van der Waals surface area contributed by atoms with Crippen molar-refractivity contribution in [1.29, 1.82) is 0 Å². The predicted molar refractivity (Wildman–Crippen MR) is 280 cm³/mol. The molecule has 0 N–H and O–H groups in total. The summed E-state index contributed by atoms with van der Waals surface area (Å²) in [5, 5.41) is 1.81. The van der Waals surface area contributed by atoms with Crippen molar-refractivity contribution in [1.82, 2.24) is 0 Å². The van der Waals surface area contributed by atoms with E-state index in [0.717, 1.165) is 89.2 Å². The van der Waals surface area contributed by atoms with Gasteiger partial charge < -0.3 is 14.5 Å². The SMILES string of the molecule is Fc1cc(-c2ccccc2)cc(-c2ccccc2)c1N(c1ccccc1)c1ccc2c(c1)Oc1cccc3c(N(c4ccccc4)c4c(F)cc(-c5ccccc5)cc4-c4ccccc4)ccc-2c13. The first-order valence-corrected chi connectivity index (χ1v) is 23.0. The molecule has 0 spiro atoms. The fourth-order valence-corrected chi connectivity index (χ4v) is 9.81. The van der Waals surface area contributed by atoms with Crippen LogP contribution in [-0.2, 0) is 0 Å². The maximum atomic E-state index is 17.4. The van der Waals surface area contributed by atoms with Crippen LogP contribution in [0.1, 0.15) is 0 Å². The summed E-state index contributed by atoms with van der Waals surface area (Å²) in [6, 6.07) is 83.5. The Morgan fingerprint density at radius 2 is 0.739 bits per heavy atom. The average Bonchev–Trinajstić information content (AvgIpc) is 3.41. The van der Waals surface area contributed by atoms with E-state index < -0.39 is 0 Å². The van der Waals surface area contributed by atoms with Gasteiger partial charge in [0.1, 0.15) is 23.1 Å². The molecule has 69 heavy (non-hydrogen) atoms. The molecular formula is C64H42F2N2O. The van der Waals surface area contributed by atoms with Crippen LogP contribution < -0.4 is 14.5 Å². The van der Waals surface area contributed by atoms with E-state index in [1.165, 1.54) is 0 Å². The molecule has 0 aliphatic carbocycles. The van der Waals surface area contributed by atoms with Crippen molar-refractivity contribution >= 4 is 44.9 Å². The molecule has 0 saturated heterocycles. The Balaban J connectivity index is 1.02. The van der Waals surface area contributed by atoms with Gasteiger partial charge in [0, 0.05) is 44.9 Å². The van der Waals surface area contributed by atoms with Gasteiger partial charge in [0.25, 0.3) is 0 Å². The minimum Gasteiger partial charge on any atom is -0.456 e. The van der Waals surface area contributed by atoms with Crippen LogP contribution in [0.5, 0.6) is 11.5 Å². The van der Waals surface area contributed by atoms with Crippen LogP contribution in [0.3, 0.4) is 0 Å². The van der Waals surface area contributed by atoms with E-state index in [2.05, 4.69) is 36.4 Å². The zero-order chi connectivity index (χ0) is 46.3. The molecule has 1 heterocycles. The van der Waals surface area contributed by atoms with Gasteiger partial charge in [-0.2, -0.15) is 0 Å². The van der Waals surface area contributed by atoms with E-state index in [1.54, 1.807) is 12.1 Å². The Hall–Kier alpha value is -9.06. The lowest BCUT2D eigenvalue weighted by atomic mass is 9.92. The zero-order valence-electron chi connectivity index (χ0n) is 37.3. The fraction of sp³-hybridized carbons (Fsp3) is 0. The van der Waals surface area contributed by atoms with Gasteiger partial charge in [-0.1, -0.05) is 176 Å². The number of benzene rings is 11. The van der Waals surface area contributed by atoms with Crippen molar-refractivity contribution in [2.45, 2.75) is 0 Å². The van der Waals surface area contributed by atoms with Crippen molar-refractivity contribution < 1.29 is 13.5 Å². The summed E-state index contributed by atoms with van der Waals surface area (Å²) in [5.41, 5.74) is 12.6. The Kier molecular flexibility index (Phi) is 10.6. The molecule has 0 radical (unpaired) electrons. The third kappa shape index (κ3) is 7.56. The standard InChI is InChI=1S/C64H42F2N2O/c65-57-40-47(43-20-7-1-8-21-43)38-55(45-24-11-3-12-25-45)63(57)67(49-28-15-5-16-29-49)51-34-35-52-53-36-37-59(54-32-19-33-60(62(53)54)69-61(52)42-51)68(50-30-17-6-18-31-50)64-56(46-26-13-4-14-27-46)39-48(41-58(64)66)44-22-9-2-10-23-44/h1-42H. The molecule has 3 nitrogen and oxygen atoms in total. The molecule has 0 aromatic heterocycles. The van der Waals surface area contributed by atoms with Gasteiger partial charge in [-0.05, 0) is 112 Å². The minimum atomic E-state index is -0.357. The lowest BCUT2D eigenvalue weighted by molar-refractivity contribution is 0.487. The van der Waals surface area contributed by atoms with E-state index in [1.807, 2.05) is 216 Å². The van der Waals surface area contributed by atoms with Crippen molar-refractivity contribution in [3.05, 3.63) is 266 Å². The number of hydrogen-bond donors (Lipinski definition) is 0. The second kappa shape index (κ2) is 17.6. The predicted octanol–water partition coefficient (Wildman–Crippen LogP) is 18.5. The Bertz CT molecular complexity index is 3650. The largest absolute Gasteiger partial charge is 0.456 e. The van der Waals surface area contributed by atoms with Crippen LogP contribution in [0.25, 0.3) is 66.4 Å². The molecule has 1 aliphatic heterocycles. The molecular weight excluding hydrogens is 851 g/mol. The average molecular weight is 893 g/mol. The number of hydrogen-bond acceptors (Lipinski definition) is 3. The number of rotatable bonds is 10. The summed E-state index contributed by atoms with van der Waals surface area (Å²) in [6.07, 6.45) is 0. The fourth-order valence-electron chi connectivity index (χ4n) is 9.81. The van der Waals surface area contributed by atoms with E-state index in [-0.39, 0.29) is 11.6 Å².